The number of aromatic amines is 1. The van der Waals surface area contributed by atoms with Crippen molar-refractivity contribution in [3.8, 4) is 11.3 Å². The molecule has 0 aliphatic rings. The molecule has 4 heteroatoms. The zero-order valence-electron chi connectivity index (χ0n) is 10.8. The predicted octanol–water partition coefficient (Wildman–Crippen LogP) is 3.69. The van der Waals surface area contributed by atoms with E-state index in [1.807, 2.05) is 0 Å². The number of nitrogen functional groups attached to an aromatic ring is 1. The molecule has 3 N–H and O–H groups in total. The third kappa shape index (κ3) is 2.76. The highest BCUT2D eigenvalue weighted by Crippen LogP contribution is 2.25. The molecular weight excluding hydrogens is 242 g/mol. The van der Waals surface area contributed by atoms with Crippen LogP contribution in [0.1, 0.15) is 26.3 Å². The third-order valence-electron chi connectivity index (χ3n) is 2.83. The molecule has 1 heterocycles. The molecule has 1 aromatic carbocycles. The Morgan fingerprint density at radius 1 is 1.17 bits per heavy atom. The lowest BCUT2D eigenvalue weighted by molar-refractivity contribution is 0.590. The van der Waals surface area contributed by atoms with Crippen molar-refractivity contribution in [1.82, 2.24) is 9.97 Å². The van der Waals surface area contributed by atoms with E-state index in [1.165, 1.54) is 5.56 Å². The van der Waals surface area contributed by atoms with Gasteiger partial charge < -0.3 is 10.7 Å². The number of aromatic nitrogens is 2. The molecule has 0 unspecified atom stereocenters. The standard InChI is InChI=1S/C14H17N3S/c1-14(2,3)10-6-4-9(5-7-10)11-8-12(15)17-13(18)16-11/h4-8H,1-3H3,(H3,15,16,17,18). The van der Waals surface area contributed by atoms with Crippen LogP contribution >= 0.6 is 12.2 Å². The van der Waals surface area contributed by atoms with Gasteiger partial charge in [0.05, 0.1) is 5.69 Å². The number of hydrogen-bond donors (Lipinski definition) is 2. The average Bonchev–Trinajstić information content (AvgIpc) is 2.27. The van der Waals surface area contributed by atoms with Gasteiger partial charge in [0.25, 0.3) is 0 Å². The van der Waals surface area contributed by atoms with Crippen LogP contribution in [-0.4, -0.2) is 9.97 Å². The minimum atomic E-state index is 0.155. The Hall–Kier alpha value is -1.68. The fraction of sp³-hybridized carbons (Fsp3) is 0.286. The van der Waals surface area contributed by atoms with Crippen LogP contribution in [0.4, 0.5) is 5.82 Å². The van der Waals surface area contributed by atoms with Crippen molar-refractivity contribution >= 4 is 18.0 Å². The summed E-state index contributed by atoms with van der Waals surface area (Å²) in [6, 6.07) is 10.2. The fourth-order valence-electron chi connectivity index (χ4n) is 1.78. The van der Waals surface area contributed by atoms with Gasteiger partial charge in [0.2, 0.25) is 0 Å². The number of anilines is 1. The monoisotopic (exact) mass is 259 g/mol. The van der Waals surface area contributed by atoms with Crippen LogP contribution in [0.2, 0.25) is 0 Å². The molecule has 1 aromatic heterocycles. The Labute approximate surface area is 112 Å². The highest BCUT2D eigenvalue weighted by atomic mass is 32.1. The molecule has 0 atom stereocenters. The van der Waals surface area contributed by atoms with Gasteiger partial charge in [-0.2, -0.15) is 0 Å². The summed E-state index contributed by atoms with van der Waals surface area (Å²) in [5.74, 6) is 0.439. The number of nitrogens with one attached hydrogen (secondary N) is 1. The third-order valence-corrected chi connectivity index (χ3v) is 3.02. The van der Waals surface area contributed by atoms with E-state index in [4.69, 9.17) is 18.0 Å². The van der Waals surface area contributed by atoms with Crippen LogP contribution in [0.3, 0.4) is 0 Å². The number of rotatable bonds is 1. The minimum absolute atomic E-state index is 0.155. The topological polar surface area (TPSA) is 54.7 Å². The number of nitrogens with two attached hydrogens (primary N) is 1. The van der Waals surface area contributed by atoms with Gasteiger partial charge in [0.15, 0.2) is 4.77 Å². The SMILES string of the molecule is CC(C)(C)c1ccc(-c2cc(N)nc(=S)[nH]2)cc1. The first-order valence-corrected chi connectivity index (χ1v) is 6.25. The Morgan fingerprint density at radius 3 is 2.28 bits per heavy atom. The van der Waals surface area contributed by atoms with Gasteiger partial charge in [0, 0.05) is 6.07 Å². The molecule has 3 nitrogen and oxygen atoms in total. The lowest BCUT2D eigenvalue weighted by Gasteiger charge is -2.19. The lowest BCUT2D eigenvalue weighted by Crippen LogP contribution is -2.10. The predicted molar refractivity (Wildman–Crippen MR) is 78.0 cm³/mol. The number of nitrogens with zero attached hydrogens (tertiary/aromatic N) is 1. The van der Waals surface area contributed by atoms with Gasteiger partial charge in [-0.05, 0) is 28.8 Å². The van der Waals surface area contributed by atoms with E-state index in [0.717, 1.165) is 11.3 Å². The quantitative estimate of drug-likeness (QED) is 0.768. The molecule has 0 radical (unpaired) electrons. The van der Waals surface area contributed by atoms with E-state index >= 15 is 0 Å². The summed E-state index contributed by atoms with van der Waals surface area (Å²) in [5, 5.41) is 0. The molecule has 0 fully saturated rings. The fourth-order valence-corrected chi connectivity index (χ4v) is 2.00. The maximum absolute atomic E-state index is 5.70. The van der Waals surface area contributed by atoms with Crippen molar-refractivity contribution in [2.45, 2.75) is 26.2 Å². The first kappa shape index (κ1) is 12.8. The molecule has 94 valence electrons. The largest absolute Gasteiger partial charge is 0.384 e. The van der Waals surface area contributed by atoms with Crippen molar-refractivity contribution in [1.29, 1.82) is 0 Å². The molecule has 0 aliphatic carbocycles. The van der Waals surface area contributed by atoms with E-state index in [2.05, 4.69) is 55.0 Å². The van der Waals surface area contributed by atoms with Gasteiger partial charge >= 0.3 is 0 Å². The van der Waals surface area contributed by atoms with E-state index in [0.29, 0.717) is 10.6 Å². The molecule has 2 aromatic rings. The second-order valence-corrected chi connectivity index (χ2v) is 5.74. The maximum Gasteiger partial charge on any atom is 0.199 e. The Bertz CT molecular complexity index is 606. The molecular formula is C14H17N3S. The van der Waals surface area contributed by atoms with Crippen LogP contribution in [0.15, 0.2) is 30.3 Å². The van der Waals surface area contributed by atoms with Crippen LogP contribution in [0, 0.1) is 4.77 Å². The van der Waals surface area contributed by atoms with Gasteiger partial charge in [-0.25, -0.2) is 4.98 Å². The first-order valence-electron chi connectivity index (χ1n) is 5.84. The lowest BCUT2D eigenvalue weighted by atomic mass is 9.86. The van der Waals surface area contributed by atoms with Crippen molar-refractivity contribution in [3.63, 3.8) is 0 Å². The van der Waals surface area contributed by atoms with Crippen LogP contribution in [0.5, 0.6) is 0 Å². The zero-order valence-corrected chi connectivity index (χ0v) is 11.6. The second-order valence-electron chi connectivity index (χ2n) is 5.35. The Balaban J connectivity index is 2.43. The van der Waals surface area contributed by atoms with Crippen molar-refractivity contribution in [2.24, 2.45) is 0 Å². The Kier molecular flexibility index (Phi) is 3.22. The summed E-state index contributed by atoms with van der Waals surface area (Å²) >= 11 is 5.03. The van der Waals surface area contributed by atoms with Crippen LogP contribution in [0.25, 0.3) is 11.3 Å². The van der Waals surface area contributed by atoms with Crippen molar-refractivity contribution in [2.75, 3.05) is 5.73 Å². The molecule has 18 heavy (non-hydrogen) atoms. The Morgan fingerprint density at radius 2 is 1.78 bits per heavy atom. The molecule has 0 saturated carbocycles. The molecule has 0 spiro atoms. The number of benzene rings is 1. The van der Waals surface area contributed by atoms with E-state index in [9.17, 15) is 0 Å². The van der Waals surface area contributed by atoms with E-state index in [-0.39, 0.29) is 5.41 Å². The highest BCUT2D eigenvalue weighted by Gasteiger charge is 2.13. The van der Waals surface area contributed by atoms with Gasteiger partial charge in [-0.1, -0.05) is 45.0 Å². The van der Waals surface area contributed by atoms with E-state index < -0.39 is 0 Å². The molecule has 0 amide bonds. The molecule has 0 aliphatic heterocycles. The summed E-state index contributed by atoms with van der Waals surface area (Å²) in [7, 11) is 0. The molecule has 0 saturated heterocycles. The van der Waals surface area contributed by atoms with Crippen molar-refractivity contribution < 1.29 is 0 Å². The smallest absolute Gasteiger partial charge is 0.199 e. The normalized spacial score (nSPS) is 11.5. The summed E-state index contributed by atoms with van der Waals surface area (Å²) in [6.07, 6.45) is 0. The van der Waals surface area contributed by atoms with Gasteiger partial charge in [-0.3, -0.25) is 0 Å². The highest BCUT2D eigenvalue weighted by molar-refractivity contribution is 7.71. The number of hydrogen-bond acceptors (Lipinski definition) is 3. The van der Waals surface area contributed by atoms with Crippen molar-refractivity contribution in [3.05, 3.63) is 40.7 Å². The zero-order chi connectivity index (χ0) is 13.3. The van der Waals surface area contributed by atoms with Crippen LogP contribution < -0.4 is 5.73 Å². The van der Waals surface area contributed by atoms with E-state index in [1.54, 1.807) is 6.07 Å². The second kappa shape index (κ2) is 4.53. The average molecular weight is 259 g/mol. The maximum atomic E-state index is 5.70. The summed E-state index contributed by atoms with van der Waals surface area (Å²) in [5.41, 5.74) is 9.11. The first-order chi connectivity index (χ1) is 8.36. The summed E-state index contributed by atoms with van der Waals surface area (Å²) in [6.45, 7) is 6.58. The molecule has 0 bridgehead atoms. The van der Waals surface area contributed by atoms with Gasteiger partial charge in [-0.15, -0.1) is 0 Å². The summed E-state index contributed by atoms with van der Waals surface area (Å²) in [4.78, 5) is 7.00. The summed E-state index contributed by atoms with van der Waals surface area (Å²) < 4.78 is 0.407. The van der Waals surface area contributed by atoms with Crippen LogP contribution in [-0.2, 0) is 5.41 Å². The number of H-pyrrole nitrogens is 1. The minimum Gasteiger partial charge on any atom is -0.384 e. The molecule has 2 rings (SSSR count). The van der Waals surface area contributed by atoms with Gasteiger partial charge in [0.1, 0.15) is 5.82 Å².